The van der Waals surface area contributed by atoms with E-state index in [1.54, 1.807) is 13.2 Å². The van der Waals surface area contributed by atoms with Crippen LogP contribution < -0.4 is 4.74 Å². The quantitative estimate of drug-likeness (QED) is 0.548. The van der Waals surface area contributed by atoms with E-state index in [9.17, 15) is 14.3 Å². The first-order chi connectivity index (χ1) is 17.4. The van der Waals surface area contributed by atoms with Crippen LogP contribution in [-0.4, -0.2) is 58.7 Å². The third-order valence-electron chi connectivity index (χ3n) is 8.29. The number of hydrogen-bond acceptors (Lipinski definition) is 4. The number of likely N-dealkylation sites (tertiary alicyclic amines) is 1. The van der Waals surface area contributed by atoms with Gasteiger partial charge in [-0.3, -0.25) is 9.69 Å². The van der Waals surface area contributed by atoms with Crippen LogP contribution in [0.5, 0.6) is 5.75 Å². The molecule has 0 saturated carbocycles. The minimum atomic E-state index is -0.256. The molecule has 1 N–H and O–H groups in total. The summed E-state index contributed by atoms with van der Waals surface area (Å²) >= 11 is 0. The number of aliphatic hydroxyl groups is 1. The second kappa shape index (κ2) is 9.87. The lowest BCUT2D eigenvalue weighted by Crippen LogP contribution is -2.54. The molecule has 1 aromatic heterocycles. The second-order valence-electron chi connectivity index (χ2n) is 10.3. The standard InChI is InChI=1S/C29H36FN3O3/c1-4-7-26(35)32-14-12-29(13-15-32)19-33(17-20-8-5-6-9-23(20)30)25(18-34)28-27(29)22-11-10-21(36-3)16-24(22)31(28)2/h5-6,8-11,16,25,34H,4,7,12-15,17-19H2,1-3H3/t25-/m0/s1. The molecule has 3 heterocycles. The lowest BCUT2D eigenvalue weighted by Gasteiger charge is -2.50. The van der Waals surface area contributed by atoms with Crippen molar-refractivity contribution in [1.82, 2.24) is 14.4 Å². The van der Waals surface area contributed by atoms with E-state index in [0.717, 1.165) is 36.2 Å². The van der Waals surface area contributed by atoms with Crippen LogP contribution in [0.1, 0.15) is 55.5 Å². The van der Waals surface area contributed by atoms with Crippen LogP contribution in [0.15, 0.2) is 42.5 Å². The minimum Gasteiger partial charge on any atom is -0.497 e. The molecule has 1 amide bonds. The van der Waals surface area contributed by atoms with Gasteiger partial charge in [-0.05, 0) is 43.0 Å². The number of carbonyl (C=O) groups excluding carboxylic acids is 1. The second-order valence-corrected chi connectivity index (χ2v) is 10.3. The molecule has 2 aromatic carbocycles. The molecular formula is C29H36FN3O3. The molecular weight excluding hydrogens is 457 g/mol. The highest BCUT2D eigenvalue weighted by Crippen LogP contribution is 2.50. The van der Waals surface area contributed by atoms with Crippen molar-refractivity contribution in [3.05, 3.63) is 65.1 Å². The first-order valence-corrected chi connectivity index (χ1v) is 13.0. The fourth-order valence-corrected chi connectivity index (χ4v) is 6.44. The molecule has 0 unspecified atom stereocenters. The summed E-state index contributed by atoms with van der Waals surface area (Å²) in [5.41, 5.74) is 3.86. The van der Waals surface area contributed by atoms with Gasteiger partial charge in [0.05, 0.1) is 25.3 Å². The summed E-state index contributed by atoms with van der Waals surface area (Å²) in [5, 5.41) is 11.8. The Morgan fingerprint density at radius 3 is 2.61 bits per heavy atom. The number of carbonyl (C=O) groups is 1. The lowest BCUT2D eigenvalue weighted by molar-refractivity contribution is -0.133. The topological polar surface area (TPSA) is 57.9 Å². The van der Waals surface area contributed by atoms with Crippen molar-refractivity contribution in [2.24, 2.45) is 7.05 Å². The number of piperidine rings is 1. The van der Waals surface area contributed by atoms with Crippen LogP contribution in [0.3, 0.4) is 0 Å². The molecule has 2 aliphatic rings. The maximum atomic E-state index is 14.7. The van der Waals surface area contributed by atoms with E-state index in [-0.39, 0.29) is 29.8 Å². The number of aryl methyl sites for hydroxylation is 1. The summed E-state index contributed by atoms with van der Waals surface area (Å²) in [6.07, 6.45) is 3.11. The van der Waals surface area contributed by atoms with Crippen LogP contribution in [0.4, 0.5) is 4.39 Å². The lowest BCUT2D eigenvalue weighted by atomic mass is 9.68. The molecule has 1 spiro atoms. The van der Waals surface area contributed by atoms with Crippen LogP contribution in [0, 0.1) is 5.82 Å². The average molecular weight is 494 g/mol. The molecule has 6 nitrogen and oxygen atoms in total. The molecule has 1 fully saturated rings. The summed E-state index contributed by atoms with van der Waals surface area (Å²) in [6, 6.07) is 12.8. The van der Waals surface area contributed by atoms with E-state index in [1.165, 1.54) is 17.0 Å². The van der Waals surface area contributed by atoms with Gasteiger partial charge in [0.25, 0.3) is 0 Å². The van der Waals surface area contributed by atoms with Crippen LogP contribution in [0.2, 0.25) is 0 Å². The van der Waals surface area contributed by atoms with Crippen LogP contribution in [0.25, 0.3) is 10.9 Å². The number of ether oxygens (including phenoxy) is 1. The molecule has 7 heteroatoms. The van der Waals surface area contributed by atoms with Crippen molar-refractivity contribution in [2.45, 2.75) is 50.6 Å². The third kappa shape index (κ3) is 4.08. The Morgan fingerprint density at radius 1 is 1.19 bits per heavy atom. The highest BCUT2D eigenvalue weighted by molar-refractivity contribution is 5.88. The molecule has 192 valence electrons. The number of methoxy groups -OCH3 is 1. The Labute approximate surface area is 212 Å². The zero-order valence-corrected chi connectivity index (χ0v) is 21.5. The highest BCUT2D eigenvalue weighted by Gasteiger charge is 2.48. The summed E-state index contributed by atoms with van der Waals surface area (Å²) in [7, 11) is 3.71. The predicted octanol–water partition coefficient (Wildman–Crippen LogP) is 4.54. The number of benzene rings is 2. The van der Waals surface area contributed by atoms with Crippen molar-refractivity contribution in [2.75, 3.05) is 33.4 Å². The van der Waals surface area contributed by atoms with Gasteiger partial charge in [-0.25, -0.2) is 4.39 Å². The Morgan fingerprint density at radius 2 is 1.94 bits per heavy atom. The van der Waals surface area contributed by atoms with E-state index >= 15 is 0 Å². The average Bonchev–Trinajstić information content (AvgIpc) is 3.19. The normalized spacial score (nSPS) is 19.6. The van der Waals surface area contributed by atoms with Crippen molar-refractivity contribution < 1.29 is 19.0 Å². The maximum Gasteiger partial charge on any atom is 0.222 e. The van der Waals surface area contributed by atoms with Crippen molar-refractivity contribution in [1.29, 1.82) is 0 Å². The first kappa shape index (κ1) is 24.8. The smallest absolute Gasteiger partial charge is 0.222 e. The number of fused-ring (bicyclic) bond motifs is 4. The molecule has 36 heavy (non-hydrogen) atoms. The number of amides is 1. The van der Waals surface area contributed by atoms with E-state index < -0.39 is 0 Å². The zero-order chi connectivity index (χ0) is 25.4. The van der Waals surface area contributed by atoms with Gasteiger partial charge in [0, 0.05) is 67.8 Å². The molecule has 0 radical (unpaired) electrons. The van der Waals surface area contributed by atoms with Gasteiger partial charge >= 0.3 is 0 Å². The molecule has 3 aromatic rings. The third-order valence-corrected chi connectivity index (χ3v) is 8.29. The largest absolute Gasteiger partial charge is 0.497 e. The van der Waals surface area contributed by atoms with Gasteiger partial charge in [-0.2, -0.15) is 0 Å². The maximum absolute atomic E-state index is 14.7. The number of rotatable bonds is 6. The van der Waals surface area contributed by atoms with Crippen molar-refractivity contribution in [3.8, 4) is 5.75 Å². The monoisotopic (exact) mass is 493 g/mol. The zero-order valence-electron chi connectivity index (χ0n) is 21.5. The summed E-state index contributed by atoms with van der Waals surface area (Å²) in [6.45, 7) is 4.53. The fourth-order valence-electron chi connectivity index (χ4n) is 6.44. The summed E-state index contributed by atoms with van der Waals surface area (Å²) in [5.74, 6) is 0.788. The Balaban J connectivity index is 1.62. The Bertz CT molecular complexity index is 1260. The summed E-state index contributed by atoms with van der Waals surface area (Å²) in [4.78, 5) is 16.9. The SMILES string of the molecule is CCCC(=O)N1CCC2(CC1)CN(Cc1ccccc1F)[C@@H](CO)c1c2c2ccc(OC)cc2n1C. The fraction of sp³-hybridized carbons (Fsp3) is 0.483. The van der Waals surface area contributed by atoms with E-state index in [0.29, 0.717) is 38.2 Å². The van der Waals surface area contributed by atoms with Gasteiger partial charge in [-0.1, -0.05) is 25.1 Å². The highest BCUT2D eigenvalue weighted by atomic mass is 19.1. The molecule has 2 aliphatic heterocycles. The summed E-state index contributed by atoms with van der Waals surface area (Å²) < 4.78 is 22.4. The molecule has 0 bridgehead atoms. The van der Waals surface area contributed by atoms with E-state index in [1.807, 2.05) is 37.1 Å². The molecule has 5 rings (SSSR count). The number of nitrogens with zero attached hydrogens (tertiary/aromatic N) is 3. The molecule has 1 atom stereocenters. The Kier molecular flexibility index (Phi) is 6.79. The van der Waals surface area contributed by atoms with Gasteiger partial charge in [-0.15, -0.1) is 0 Å². The van der Waals surface area contributed by atoms with Crippen LogP contribution in [-0.2, 0) is 23.8 Å². The van der Waals surface area contributed by atoms with Gasteiger partial charge in [0.1, 0.15) is 11.6 Å². The van der Waals surface area contributed by atoms with Crippen LogP contribution >= 0.6 is 0 Å². The number of aliphatic hydroxyl groups excluding tert-OH is 1. The number of halogens is 1. The van der Waals surface area contributed by atoms with Crippen molar-refractivity contribution in [3.63, 3.8) is 0 Å². The minimum absolute atomic E-state index is 0.0556. The first-order valence-electron chi connectivity index (χ1n) is 13.0. The van der Waals surface area contributed by atoms with Crippen molar-refractivity contribution >= 4 is 16.8 Å². The number of hydrogen-bond donors (Lipinski definition) is 1. The molecule has 0 aliphatic carbocycles. The van der Waals surface area contributed by atoms with Gasteiger partial charge in [0.2, 0.25) is 5.91 Å². The van der Waals surface area contributed by atoms with E-state index in [4.69, 9.17) is 4.74 Å². The van der Waals surface area contributed by atoms with Gasteiger partial charge in [0.15, 0.2) is 0 Å². The predicted molar refractivity (Wildman–Crippen MR) is 139 cm³/mol. The Hall–Kier alpha value is -2.90. The number of aromatic nitrogens is 1. The molecule has 1 saturated heterocycles. The van der Waals surface area contributed by atoms with E-state index in [2.05, 4.69) is 21.6 Å². The van der Waals surface area contributed by atoms with Gasteiger partial charge < -0.3 is 19.3 Å².